The van der Waals surface area contributed by atoms with Gasteiger partial charge in [0.2, 0.25) is 0 Å². The average Bonchev–Trinajstić information content (AvgIpc) is 3.27. The number of nitrogens with two attached hydrogens (primary N) is 1. The van der Waals surface area contributed by atoms with Crippen LogP contribution in [0.4, 0.5) is 5.82 Å². The minimum Gasteiger partial charge on any atom is -0.507 e. The number of aryl methyl sites for hydroxylation is 1. The van der Waals surface area contributed by atoms with Crippen molar-refractivity contribution in [2.24, 2.45) is 0 Å². The summed E-state index contributed by atoms with van der Waals surface area (Å²) in [6, 6.07) is 6.90. The smallest absolute Gasteiger partial charge is 0.341 e. The van der Waals surface area contributed by atoms with Crippen LogP contribution in [0.1, 0.15) is 69.8 Å². The first-order valence-electron chi connectivity index (χ1n) is 13.5. The molecule has 1 aromatic carbocycles. The van der Waals surface area contributed by atoms with Crippen molar-refractivity contribution < 1.29 is 28.5 Å². The molecule has 39 heavy (non-hydrogen) atoms. The summed E-state index contributed by atoms with van der Waals surface area (Å²) in [5.41, 5.74) is 5.36. The first-order chi connectivity index (χ1) is 18.4. The molecule has 4 heterocycles. The maximum absolute atomic E-state index is 13.5. The van der Waals surface area contributed by atoms with Gasteiger partial charge in [-0.1, -0.05) is 12.8 Å². The Morgan fingerprint density at radius 3 is 2.67 bits per heavy atom. The standard InChI is InChI=1S/C30H34N2O7/c1-16-11-19(33)25-21(36-16)14-20-18(26(25)34)13-22(28(2,3)38-20)37-27(35)29(4)23(39-29)15-30(8-5-6-9-30)17-7-10-32-24(31)12-17/h7,10-12,14,22-23,34H,5-6,8-9,13,15H2,1-4H3,(H2,31,32). The number of hydrogen-bond acceptors (Lipinski definition) is 9. The number of aromatic hydroxyl groups is 1. The fraction of sp³-hybridized carbons (Fsp3) is 0.500. The lowest BCUT2D eigenvalue weighted by molar-refractivity contribution is -0.167. The van der Waals surface area contributed by atoms with Crippen LogP contribution in [0.2, 0.25) is 0 Å². The number of carbonyl (C=O) groups excluding carboxylic acids is 1. The molecule has 3 unspecified atom stereocenters. The van der Waals surface area contributed by atoms with Crippen molar-refractivity contribution in [3.8, 4) is 11.5 Å². The lowest BCUT2D eigenvalue weighted by Gasteiger charge is -2.39. The summed E-state index contributed by atoms with van der Waals surface area (Å²) in [4.78, 5) is 30.2. The third-order valence-corrected chi connectivity index (χ3v) is 8.85. The van der Waals surface area contributed by atoms with Gasteiger partial charge in [-0.15, -0.1) is 0 Å². The van der Waals surface area contributed by atoms with E-state index in [1.807, 2.05) is 26.0 Å². The predicted octanol–water partition coefficient (Wildman–Crippen LogP) is 4.47. The van der Waals surface area contributed by atoms with Gasteiger partial charge in [0, 0.05) is 30.3 Å². The number of aromatic nitrogens is 1. The Bertz CT molecular complexity index is 1540. The number of rotatable bonds is 5. The van der Waals surface area contributed by atoms with Gasteiger partial charge < -0.3 is 29.5 Å². The largest absolute Gasteiger partial charge is 0.507 e. The Labute approximate surface area is 226 Å². The lowest BCUT2D eigenvalue weighted by atomic mass is 9.74. The number of nitrogen functional groups attached to an aromatic ring is 1. The summed E-state index contributed by atoms with van der Waals surface area (Å²) in [6.45, 7) is 7.10. The molecule has 2 aliphatic heterocycles. The van der Waals surface area contributed by atoms with Crippen LogP contribution in [0, 0.1) is 6.92 Å². The Balaban J connectivity index is 1.22. The van der Waals surface area contributed by atoms with Crippen molar-refractivity contribution >= 4 is 22.8 Å². The van der Waals surface area contributed by atoms with E-state index in [-0.39, 0.29) is 40.1 Å². The molecular weight excluding hydrogens is 500 g/mol. The second kappa shape index (κ2) is 8.71. The molecule has 2 aromatic heterocycles. The molecule has 3 aliphatic rings. The van der Waals surface area contributed by atoms with Crippen molar-refractivity contribution in [1.29, 1.82) is 0 Å². The molecule has 3 aromatic rings. The Kier molecular flexibility index (Phi) is 5.73. The van der Waals surface area contributed by atoms with Crippen LogP contribution >= 0.6 is 0 Å². The molecule has 0 radical (unpaired) electrons. The number of benzene rings is 1. The van der Waals surface area contributed by atoms with E-state index in [4.69, 9.17) is 24.4 Å². The normalized spacial score (nSPS) is 26.6. The van der Waals surface area contributed by atoms with E-state index in [1.165, 1.54) is 6.07 Å². The van der Waals surface area contributed by atoms with E-state index >= 15 is 0 Å². The van der Waals surface area contributed by atoms with Gasteiger partial charge in [0.15, 0.2) is 11.0 Å². The molecule has 9 heteroatoms. The molecule has 6 rings (SSSR count). The van der Waals surface area contributed by atoms with Gasteiger partial charge in [0.05, 0.1) is 6.10 Å². The maximum Gasteiger partial charge on any atom is 0.341 e. The molecule has 206 valence electrons. The number of epoxide rings is 1. The van der Waals surface area contributed by atoms with Gasteiger partial charge in [-0.05, 0) is 70.1 Å². The number of ether oxygens (including phenoxy) is 3. The lowest BCUT2D eigenvalue weighted by Crippen LogP contribution is -2.50. The number of pyridine rings is 1. The molecule has 1 saturated carbocycles. The highest BCUT2D eigenvalue weighted by Gasteiger charge is 2.63. The molecule has 0 spiro atoms. The van der Waals surface area contributed by atoms with Gasteiger partial charge in [0.25, 0.3) is 0 Å². The van der Waals surface area contributed by atoms with Gasteiger partial charge in [-0.3, -0.25) is 4.79 Å². The molecule has 0 amide bonds. The number of phenolic OH excluding ortho intramolecular Hbond substituents is 1. The zero-order chi connectivity index (χ0) is 27.7. The zero-order valence-corrected chi connectivity index (χ0v) is 22.7. The fourth-order valence-corrected chi connectivity index (χ4v) is 6.41. The minimum absolute atomic E-state index is 0.0869. The van der Waals surface area contributed by atoms with Crippen molar-refractivity contribution in [3.05, 3.63) is 57.6 Å². The van der Waals surface area contributed by atoms with Crippen LogP contribution in [0.5, 0.6) is 11.5 Å². The van der Waals surface area contributed by atoms with Crippen LogP contribution in [0.15, 0.2) is 39.7 Å². The second-order valence-electron chi connectivity index (χ2n) is 12.0. The fourth-order valence-electron chi connectivity index (χ4n) is 6.41. The van der Waals surface area contributed by atoms with Crippen LogP contribution < -0.4 is 15.9 Å². The Morgan fingerprint density at radius 2 is 1.95 bits per heavy atom. The predicted molar refractivity (Wildman–Crippen MR) is 144 cm³/mol. The number of carbonyl (C=O) groups is 1. The Hall–Kier alpha value is -3.59. The molecule has 0 bridgehead atoms. The van der Waals surface area contributed by atoms with Crippen LogP contribution in [-0.4, -0.2) is 39.5 Å². The number of fused-ring (bicyclic) bond motifs is 2. The summed E-state index contributed by atoms with van der Waals surface area (Å²) in [6.07, 6.45) is 5.84. The molecule has 9 nitrogen and oxygen atoms in total. The first kappa shape index (κ1) is 25.7. The van der Waals surface area contributed by atoms with Crippen molar-refractivity contribution in [2.75, 3.05) is 5.73 Å². The quantitative estimate of drug-likeness (QED) is 0.359. The third kappa shape index (κ3) is 4.23. The van der Waals surface area contributed by atoms with E-state index in [0.717, 1.165) is 31.2 Å². The van der Waals surface area contributed by atoms with E-state index in [2.05, 4.69) is 4.98 Å². The van der Waals surface area contributed by atoms with Gasteiger partial charge in [-0.25, -0.2) is 9.78 Å². The second-order valence-corrected chi connectivity index (χ2v) is 12.0. The van der Waals surface area contributed by atoms with Gasteiger partial charge in [0.1, 0.15) is 45.8 Å². The summed E-state index contributed by atoms with van der Waals surface area (Å²) < 4.78 is 23.9. The number of phenols is 1. The summed E-state index contributed by atoms with van der Waals surface area (Å²) in [5, 5.41) is 11.1. The highest BCUT2D eigenvalue weighted by atomic mass is 16.7. The third-order valence-electron chi connectivity index (χ3n) is 8.85. The number of anilines is 1. The van der Waals surface area contributed by atoms with E-state index in [1.54, 1.807) is 26.1 Å². The monoisotopic (exact) mass is 534 g/mol. The molecule has 3 N–H and O–H groups in total. The van der Waals surface area contributed by atoms with Gasteiger partial charge in [-0.2, -0.15) is 0 Å². The zero-order valence-electron chi connectivity index (χ0n) is 22.7. The van der Waals surface area contributed by atoms with Crippen molar-refractivity contribution in [1.82, 2.24) is 4.98 Å². The number of hydrogen-bond donors (Lipinski definition) is 2. The molecule has 1 aliphatic carbocycles. The van der Waals surface area contributed by atoms with E-state index < -0.39 is 23.3 Å². The number of esters is 1. The summed E-state index contributed by atoms with van der Waals surface area (Å²) in [5.74, 6) is 0.654. The van der Waals surface area contributed by atoms with Crippen molar-refractivity contribution in [3.63, 3.8) is 0 Å². The van der Waals surface area contributed by atoms with E-state index in [0.29, 0.717) is 29.3 Å². The van der Waals surface area contributed by atoms with Crippen LogP contribution in [0.3, 0.4) is 0 Å². The first-order valence-corrected chi connectivity index (χ1v) is 13.5. The van der Waals surface area contributed by atoms with Crippen molar-refractivity contribution in [2.45, 2.75) is 95.0 Å². The number of nitrogens with zero attached hydrogens (tertiary/aromatic N) is 1. The maximum atomic E-state index is 13.5. The highest BCUT2D eigenvalue weighted by Crippen LogP contribution is 2.52. The van der Waals surface area contributed by atoms with Gasteiger partial charge >= 0.3 is 5.97 Å². The molecule has 2 fully saturated rings. The topological polar surface area (TPSA) is 137 Å². The van der Waals surface area contributed by atoms with Crippen LogP contribution in [0.25, 0.3) is 11.0 Å². The highest BCUT2D eigenvalue weighted by molar-refractivity contribution is 5.87. The molecule has 1 saturated heterocycles. The average molecular weight is 535 g/mol. The molecule has 3 atom stereocenters. The minimum atomic E-state index is -1.07. The molecular formula is C30H34N2O7. The Morgan fingerprint density at radius 1 is 1.21 bits per heavy atom. The SMILES string of the molecule is Cc1cc(=O)c2c(O)c3c(cc2o1)OC(C)(C)C(OC(=O)C1(C)OC1CC1(c2ccnc(N)c2)CCCC1)C3. The summed E-state index contributed by atoms with van der Waals surface area (Å²) in [7, 11) is 0. The summed E-state index contributed by atoms with van der Waals surface area (Å²) >= 11 is 0. The van der Waals surface area contributed by atoms with Crippen LogP contribution in [-0.2, 0) is 26.1 Å². The van der Waals surface area contributed by atoms with E-state index in [9.17, 15) is 14.7 Å².